The summed E-state index contributed by atoms with van der Waals surface area (Å²) in [5.74, 6) is 0.290. The molecule has 0 radical (unpaired) electrons. The second-order valence-electron chi connectivity index (χ2n) is 7.44. The molecule has 1 amide bonds. The number of carbonyl (C=O) groups excluding carboxylic acids is 1. The average Bonchev–Trinajstić information content (AvgIpc) is 2.84. The Morgan fingerprint density at radius 2 is 2.06 bits per heavy atom. The molecule has 1 aliphatic rings. The zero-order chi connectivity index (χ0) is 23.1. The van der Waals surface area contributed by atoms with Crippen LogP contribution in [-0.2, 0) is 11.3 Å². The van der Waals surface area contributed by atoms with E-state index in [1.807, 2.05) is 48.5 Å². The number of fused-ring (bicyclic) bond motifs is 1. The lowest BCUT2D eigenvalue weighted by Gasteiger charge is -2.36. The van der Waals surface area contributed by atoms with Crippen LogP contribution in [0, 0.1) is 0 Å². The summed E-state index contributed by atoms with van der Waals surface area (Å²) in [6.45, 7) is 0.863. The molecule has 166 valence electrons. The molecule has 1 atom stereocenters. The summed E-state index contributed by atoms with van der Waals surface area (Å²) in [6.07, 6.45) is 4.42. The Morgan fingerprint density at radius 1 is 1.28 bits per heavy atom. The number of nitrogens with zero attached hydrogens (tertiary/aromatic N) is 3. The second kappa shape index (κ2) is 10.4. The number of hydrogen-bond acceptors (Lipinski definition) is 5. The van der Waals surface area contributed by atoms with E-state index in [9.17, 15) is 10.2 Å². The van der Waals surface area contributed by atoms with E-state index in [2.05, 4.69) is 10.3 Å². The average molecular weight is 431 g/mol. The molecule has 1 aliphatic heterocycles. The highest BCUT2D eigenvalue weighted by molar-refractivity contribution is 6.44. The normalized spacial score (nSPS) is 16.9. The van der Waals surface area contributed by atoms with Gasteiger partial charge in [0.1, 0.15) is 11.5 Å². The van der Waals surface area contributed by atoms with E-state index >= 15 is 0 Å². The van der Waals surface area contributed by atoms with Gasteiger partial charge in [0.15, 0.2) is 0 Å². The number of methoxy groups -OCH3 is 1. The van der Waals surface area contributed by atoms with Crippen LogP contribution in [0.5, 0.6) is 5.75 Å². The first-order valence-corrected chi connectivity index (χ1v) is 10.3. The molecule has 0 spiro atoms. The third-order valence-corrected chi connectivity index (χ3v) is 5.50. The van der Waals surface area contributed by atoms with Crippen molar-refractivity contribution >= 4 is 23.5 Å². The number of benzene rings is 2. The first kappa shape index (κ1) is 22.8. The van der Waals surface area contributed by atoms with Crippen LogP contribution in [0.1, 0.15) is 22.6 Å². The molecule has 7 nitrogen and oxygen atoms in total. The molecule has 32 heavy (non-hydrogen) atoms. The van der Waals surface area contributed by atoms with Crippen molar-refractivity contribution in [3.63, 3.8) is 0 Å². The first-order valence-electron chi connectivity index (χ1n) is 10.3. The van der Waals surface area contributed by atoms with Gasteiger partial charge < -0.3 is 26.1 Å². The van der Waals surface area contributed by atoms with Crippen molar-refractivity contribution in [2.24, 2.45) is 10.7 Å². The van der Waals surface area contributed by atoms with Crippen molar-refractivity contribution in [1.29, 1.82) is 0 Å². The lowest BCUT2D eigenvalue weighted by Crippen LogP contribution is -2.42. The molecule has 3 N–H and O–H groups in total. The van der Waals surface area contributed by atoms with E-state index in [0.29, 0.717) is 30.1 Å². The number of amides is 1. The van der Waals surface area contributed by atoms with Crippen molar-refractivity contribution in [1.82, 2.24) is 10.2 Å². The summed E-state index contributed by atoms with van der Waals surface area (Å²) in [5, 5.41) is 12.8. The van der Waals surface area contributed by atoms with Crippen molar-refractivity contribution in [2.75, 3.05) is 27.7 Å². The van der Waals surface area contributed by atoms with Gasteiger partial charge in [0.25, 0.3) is 5.91 Å². The minimum absolute atomic E-state index is 0.167. The zero-order valence-electron chi connectivity index (χ0n) is 18.6. The summed E-state index contributed by atoms with van der Waals surface area (Å²) in [5.41, 5.74) is 10.5. The zero-order valence-corrected chi connectivity index (χ0v) is 18.6. The summed E-state index contributed by atoms with van der Waals surface area (Å²) in [6, 6.07) is 15.3. The molecule has 0 fully saturated rings. The monoisotopic (exact) mass is 430 g/mol. The molecular weight excluding hydrogens is 402 g/mol. The molecular formula is C25H28N5O2-. The number of ether oxygens (including phenoxy) is 1. The van der Waals surface area contributed by atoms with E-state index < -0.39 is 0 Å². The first-order chi connectivity index (χ1) is 15.5. The fraction of sp³-hybridized carbons (Fsp3) is 0.240. The van der Waals surface area contributed by atoms with Gasteiger partial charge in [-0.2, -0.15) is 6.21 Å². The molecule has 0 aromatic heterocycles. The third kappa shape index (κ3) is 4.88. The smallest absolute Gasteiger partial charge is 0.272 e. The minimum atomic E-state index is -0.223. The van der Waals surface area contributed by atoms with Gasteiger partial charge >= 0.3 is 0 Å². The highest BCUT2D eigenvalue weighted by Gasteiger charge is 2.30. The van der Waals surface area contributed by atoms with Gasteiger partial charge in [0.05, 0.1) is 7.11 Å². The Morgan fingerprint density at radius 3 is 2.75 bits per heavy atom. The Hall–Kier alpha value is -3.87. The molecule has 0 aliphatic carbocycles. The Balaban J connectivity index is 1.91. The largest absolute Gasteiger partial charge is 0.810 e. The van der Waals surface area contributed by atoms with Crippen molar-refractivity contribution < 1.29 is 9.53 Å². The van der Waals surface area contributed by atoms with Crippen LogP contribution in [0.3, 0.4) is 0 Å². The number of carbonyl (C=O) groups is 1. The Labute approximate surface area is 188 Å². The van der Waals surface area contributed by atoms with Crippen LogP contribution >= 0.6 is 0 Å². The summed E-state index contributed by atoms with van der Waals surface area (Å²) in [4.78, 5) is 19.3. The molecule has 1 unspecified atom stereocenters. The molecule has 2 aromatic rings. The fourth-order valence-corrected chi connectivity index (χ4v) is 3.86. The highest BCUT2D eigenvalue weighted by Crippen LogP contribution is 2.33. The lowest BCUT2D eigenvalue weighted by atomic mass is 9.84. The number of rotatable bonds is 7. The number of hydrogen-bond donors (Lipinski definition) is 2. The second-order valence-corrected chi connectivity index (χ2v) is 7.44. The van der Waals surface area contributed by atoms with E-state index in [0.717, 1.165) is 22.9 Å². The van der Waals surface area contributed by atoms with Crippen LogP contribution in [-0.4, -0.2) is 50.5 Å². The molecule has 0 saturated carbocycles. The van der Waals surface area contributed by atoms with Gasteiger partial charge in [-0.1, -0.05) is 36.4 Å². The molecule has 1 heterocycles. The van der Waals surface area contributed by atoms with Crippen LogP contribution in [0.4, 0.5) is 0 Å². The van der Waals surface area contributed by atoms with E-state index in [1.54, 1.807) is 38.4 Å². The Kier molecular flexibility index (Phi) is 7.44. The van der Waals surface area contributed by atoms with Gasteiger partial charge in [-0.25, -0.2) is 0 Å². The number of nitrogens with two attached hydrogens (primary N) is 1. The molecule has 7 heteroatoms. The maximum Gasteiger partial charge on any atom is 0.272 e. The Bertz CT molecular complexity index is 1090. The van der Waals surface area contributed by atoms with Crippen molar-refractivity contribution in [3.8, 4) is 5.75 Å². The van der Waals surface area contributed by atoms with E-state index in [-0.39, 0.29) is 17.5 Å². The standard InChI is InChI=1S/C25H28N5O2/c1-28-14-19(13-26)22-16-30(15-18-7-4-5-10-21(18)22)25(31)24(29-2)12-23(27)17-8-6-9-20(11-17)32-3/h4-14,22,28H,15-16,27H2,1-3H3/q-1/b19-14+,23-12-,29-24?. The molecule has 0 saturated heterocycles. The lowest BCUT2D eigenvalue weighted by molar-refractivity contribution is -0.125. The summed E-state index contributed by atoms with van der Waals surface area (Å²) >= 11 is 0. The predicted octanol–water partition coefficient (Wildman–Crippen LogP) is 2.94. The van der Waals surface area contributed by atoms with Gasteiger partial charge in [-0.05, 0) is 41.1 Å². The highest BCUT2D eigenvalue weighted by atomic mass is 16.5. The topological polar surface area (TPSA) is 102 Å². The summed E-state index contributed by atoms with van der Waals surface area (Å²) < 4.78 is 5.25. The SMILES string of the molecule is CN=C(/C=C(\N)c1cccc(OC)c1)C(=O)N1Cc2ccccc2C(/C(C=[N-])=C/NC)C1. The number of aliphatic imine (C=N–C) groups is 1. The van der Waals surface area contributed by atoms with E-state index in [1.165, 1.54) is 0 Å². The van der Waals surface area contributed by atoms with Gasteiger partial charge in [-0.15, -0.1) is 0 Å². The fourth-order valence-electron chi connectivity index (χ4n) is 3.86. The van der Waals surface area contributed by atoms with Crippen molar-refractivity contribution in [3.05, 3.63) is 88.5 Å². The van der Waals surface area contributed by atoms with E-state index in [4.69, 9.17) is 10.5 Å². The van der Waals surface area contributed by atoms with Crippen LogP contribution < -0.4 is 15.8 Å². The summed E-state index contributed by atoms with van der Waals surface area (Å²) in [7, 11) is 4.94. The van der Waals surface area contributed by atoms with Crippen LogP contribution in [0.15, 0.2) is 71.4 Å². The molecule has 0 bridgehead atoms. The maximum atomic E-state index is 13.4. The van der Waals surface area contributed by atoms with Crippen molar-refractivity contribution in [2.45, 2.75) is 12.5 Å². The molecule has 3 rings (SSSR count). The predicted molar refractivity (Wildman–Crippen MR) is 130 cm³/mol. The quantitative estimate of drug-likeness (QED) is 0.659. The van der Waals surface area contributed by atoms with Gasteiger partial charge in [0.2, 0.25) is 0 Å². The van der Waals surface area contributed by atoms with Gasteiger partial charge in [0, 0.05) is 44.4 Å². The maximum absolute atomic E-state index is 13.4. The third-order valence-electron chi connectivity index (χ3n) is 5.50. The van der Waals surface area contributed by atoms with Crippen LogP contribution in [0.2, 0.25) is 0 Å². The minimum Gasteiger partial charge on any atom is -0.810 e. The van der Waals surface area contributed by atoms with Gasteiger partial charge in [-0.3, -0.25) is 9.79 Å². The van der Waals surface area contributed by atoms with Crippen LogP contribution in [0.25, 0.3) is 11.1 Å². The molecule has 2 aromatic carbocycles. The number of nitrogens with one attached hydrogen (secondary N) is 1.